The molecule has 2 aromatic rings. The molecule has 0 saturated carbocycles. The number of aliphatic hydroxyl groups excluding tert-OH is 2. The fourth-order valence-corrected chi connectivity index (χ4v) is 3.05. The average Bonchev–Trinajstić information content (AvgIpc) is 2.88. The highest BCUT2D eigenvalue weighted by Crippen LogP contribution is 2.10. The van der Waals surface area contributed by atoms with E-state index < -0.39 is 30.4 Å². The average molecular weight is 486 g/mol. The Morgan fingerprint density at radius 2 is 1.53 bits per heavy atom. The third-order valence-electron chi connectivity index (χ3n) is 5.01. The molecule has 2 amide bonds. The molecule has 8 heteroatoms. The van der Waals surface area contributed by atoms with Crippen molar-refractivity contribution in [2.24, 2.45) is 0 Å². The summed E-state index contributed by atoms with van der Waals surface area (Å²) in [5, 5.41) is 32.3. The minimum atomic E-state index is -1.19. The smallest absolute Gasteiger partial charge is 0.251 e. The van der Waals surface area contributed by atoms with Gasteiger partial charge in [-0.1, -0.05) is 11.8 Å². The third-order valence-corrected chi connectivity index (χ3v) is 5.01. The summed E-state index contributed by atoms with van der Waals surface area (Å²) >= 11 is 0. The van der Waals surface area contributed by atoms with Gasteiger partial charge in [0.05, 0.1) is 12.2 Å². The number of nitrogens with one attached hydrogen (secondary N) is 2. The van der Waals surface area contributed by atoms with Gasteiger partial charge in [0.25, 0.3) is 5.91 Å². The second kappa shape index (κ2) is 14.8. The lowest BCUT2D eigenvalue weighted by molar-refractivity contribution is -0.126. The lowest BCUT2D eigenvalue weighted by atomic mass is 10.1. The molecule has 4 N–H and O–H groups in total. The van der Waals surface area contributed by atoms with Crippen molar-refractivity contribution in [1.82, 2.24) is 5.32 Å². The number of nitriles is 1. The molecule has 2 atom stereocenters. The zero-order valence-corrected chi connectivity index (χ0v) is 19.9. The van der Waals surface area contributed by atoms with Gasteiger partial charge >= 0.3 is 0 Å². The van der Waals surface area contributed by atoms with Crippen LogP contribution in [0.25, 0.3) is 0 Å². The first kappa shape index (κ1) is 27.8. The van der Waals surface area contributed by atoms with Gasteiger partial charge in [-0.05, 0) is 80.1 Å². The van der Waals surface area contributed by atoms with Gasteiger partial charge in [0.15, 0.2) is 5.78 Å². The van der Waals surface area contributed by atoms with E-state index in [-0.39, 0.29) is 11.5 Å². The number of hydrogen-bond donors (Lipinski definition) is 4. The van der Waals surface area contributed by atoms with Crippen LogP contribution in [0, 0.1) is 35.0 Å². The van der Waals surface area contributed by atoms with Crippen molar-refractivity contribution in [1.29, 1.82) is 5.26 Å². The van der Waals surface area contributed by atoms with Gasteiger partial charge in [0, 0.05) is 35.2 Å². The van der Waals surface area contributed by atoms with Gasteiger partial charge in [-0.15, -0.1) is 0 Å². The Kier molecular flexibility index (Phi) is 11.4. The van der Waals surface area contributed by atoms with Crippen LogP contribution in [0.5, 0.6) is 0 Å². The Hall–Kier alpha value is -4.42. The summed E-state index contributed by atoms with van der Waals surface area (Å²) in [5.74, 6) is 9.95. The van der Waals surface area contributed by atoms with Crippen molar-refractivity contribution in [2.45, 2.75) is 44.8 Å². The number of unbranched alkanes of at least 4 members (excludes halogenated alkanes) is 2. The van der Waals surface area contributed by atoms with E-state index in [1.807, 2.05) is 0 Å². The number of aliphatic hydroxyl groups is 2. The van der Waals surface area contributed by atoms with Gasteiger partial charge < -0.3 is 20.8 Å². The first-order valence-corrected chi connectivity index (χ1v) is 11.4. The minimum absolute atomic E-state index is 0.0949. The third kappa shape index (κ3) is 9.44. The lowest BCUT2D eigenvalue weighted by Crippen LogP contribution is -2.48. The molecular weight excluding hydrogens is 458 g/mol. The van der Waals surface area contributed by atoms with Gasteiger partial charge in [-0.2, -0.15) is 5.26 Å². The number of Topliss-reactive ketones (excluding diaryl/α,β-unsaturated/α-hetero) is 1. The van der Waals surface area contributed by atoms with Crippen LogP contribution in [0.3, 0.4) is 0 Å². The summed E-state index contributed by atoms with van der Waals surface area (Å²) in [6.45, 7) is 0.573. The number of benzene rings is 2. The number of nitrogens with zero attached hydrogens (tertiary/aromatic N) is 1. The molecule has 0 spiro atoms. The fraction of sp³-hybridized carbons (Fsp3) is 0.286. The second-order valence-corrected chi connectivity index (χ2v) is 7.88. The molecule has 36 heavy (non-hydrogen) atoms. The quantitative estimate of drug-likeness (QED) is 0.300. The Morgan fingerprint density at radius 3 is 2.06 bits per heavy atom. The van der Waals surface area contributed by atoms with Crippen LogP contribution in [-0.2, 0) is 9.59 Å². The molecule has 0 aliphatic carbocycles. The number of ketones is 1. The van der Waals surface area contributed by atoms with Crippen LogP contribution in [0.4, 0.5) is 5.69 Å². The topological polar surface area (TPSA) is 140 Å². The molecule has 0 heterocycles. The SMILES string of the molecule is C[C@@H](O)[C@H](NC(=O)c1ccc(C#CC#Cc2ccc(NC(=O)CCCCC#N)cc2)cc1)C(=O)CO. The van der Waals surface area contributed by atoms with E-state index in [0.29, 0.717) is 36.9 Å². The molecule has 8 nitrogen and oxygen atoms in total. The normalized spacial score (nSPS) is 11.4. The molecule has 0 fully saturated rings. The second-order valence-electron chi connectivity index (χ2n) is 7.88. The van der Waals surface area contributed by atoms with E-state index in [0.717, 1.165) is 5.56 Å². The fourth-order valence-electron chi connectivity index (χ4n) is 3.05. The largest absolute Gasteiger partial charge is 0.391 e. The van der Waals surface area contributed by atoms with Crippen LogP contribution in [0.1, 0.15) is 54.1 Å². The van der Waals surface area contributed by atoms with Crippen molar-refractivity contribution < 1.29 is 24.6 Å². The van der Waals surface area contributed by atoms with Crippen molar-refractivity contribution in [3.8, 4) is 29.8 Å². The van der Waals surface area contributed by atoms with E-state index >= 15 is 0 Å². The Balaban J connectivity index is 1.90. The predicted molar refractivity (Wildman–Crippen MR) is 134 cm³/mol. The van der Waals surface area contributed by atoms with E-state index in [1.165, 1.54) is 19.1 Å². The van der Waals surface area contributed by atoms with Gasteiger partial charge in [-0.3, -0.25) is 14.4 Å². The number of amides is 2. The van der Waals surface area contributed by atoms with E-state index in [9.17, 15) is 19.5 Å². The van der Waals surface area contributed by atoms with Gasteiger partial charge in [0.2, 0.25) is 5.91 Å². The van der Waals surface area contributed by atoms with E-state index in [2.05, 4.69) is 40.4 Å². The molecule has 2 aromatic carbocycles. The van der Waals surface area contributed by atoms with Crippen molar-refractivity contribution >= 4 is 23.3 Å². The van der Waals surface area contributed by atoms with Crippen molar-refractivity contribution in [2.75, 3.05) is 11.9 Å². The maximum Gasteiger partial charge on any atom is 0.251 e. The number of anilines is 1. The Bertz CT molecular complexity index is 1220. The maximum atomic E-state index is 12.3. The zero-order valence-electron chi connectivity index (χ0n) is 19.9. The maximum absolute atomic E-state index is 12.3. The predicted octanol–water partition coefficient (Wildman–Crippen LogP) is 2.15. The molecule has 184 valence electrons. The first-order valence-electron chi connectivity index (χ1n) is 11.4. The molecule has 0 bridgehead atoms. The Labute approximate surface area is 210 Å². The zero-order chi connectivity index (χ0) is 26.3. The van der Waals surface area contributed by atoms with Crippen molar-refractivity contribution in [3.05, 3.63) is 65.2 Å². The summed E-state index contributed by atoms with van der Waals surface area (Å²) in [7, 11) is 0. The molecule has 0 aliphatic rings. The highest BCUT2D eigenvalue weighted by Gasteiger charge is 2.25. The lowest BCUT2D eigenvalue weighted by Gasteiger charge is -2.19. The molecule has 0 unspecified atom stereocenters. The van der Waals surface area contributed by atoms with Crippen LogP contribution in [0.15, 0.2) is 48.5 Å². The van der Waals surface area contributed by atoms with E-state index in [4.69, 9.17) is 10.4 Å². The highest BCUT2D eigenvalue weighted by molar-refractivity contribution is 5.98. The summed E-state index contributed by atoms with van der Waals surface area (Å²) in [6, 6.07) is 14.2. The van der Waals surface area contributed by atoms with Gasteiger partial charge in [0.1, 0.15) is 12.6 Å². The van der Waals surface area contributed by atoms with E-state index in [1.54, 1.807) is 36.4 Å². The van der Waals surface area contributed by atoms with Crippen LogP contribution in [-0.4, -0.2) is 46.6 Å². The molecular formula is C28H27N3O5. The summed E-state index contributed by atoms with van der Waals surface area (Å²) < 4.78 is 0. The highest BCUT2D eigenvalue weighted by atomic mass is 16.3. The molecule has 0 saturated heterocycles. The molecule has 0 aromatic heterocycles. The van der Waals surface area contributed by atoms with Crippen LogP contribution >= 0.6 is 0 Å². The monoisotopic (exact) mass is 485 g/mol. The Morgan fingerprint density at radius 1 is 0.944 bits per heavy atom. The van der Waals surface area contributed by atoms with Gasteiger partial charge in [-0.25, -0.2) is 0 Å². The molecule has 2 rings (SSSR count). The van der Waals surface area contributed by atoms with Crippen LogP contribution < -0.4 is 10.6 Å². The standard InChI is InChI=1S/C28H27N3O5/c1-20(33)27(25(34)19-32)31-28(36)23-14-10-21(11-15-23)7-4-5-8-22-12-16-24(17-13-22)30-26(35)9-3-2-6-18-29/h10-17,20,27,32-33H,2-3,6,9,19H2,1H3,(H,30,35)(H,31,36)/t20-,27+/m1/s1. The molecule has 0 aliphatic heterocycles. The minimum Gasteiger partial charge on any atom is -0.391 e. The summed E-state index contributed by atoms with van der Waals surface area (Å²) in [6.07, 6.45) is 1.06. The number of carbonyl (C=O) groups excluding carboxylic acids is 3. The van der Waals surface area contributed by atoms with Crippen molar-refractivity contribution in [3.63, 3.8) is 0 Å². The number of hydrogen-bond acceptors (Lipinski definition) is 6. The van der Waals surface area contributed by atoms with Crippen LogP contribution in [0.2, 0.25) is 0 Å². The molecule has 0 radical (unpaired) electrons. The number of carbonyl (C=O) groups is 3. The summed E-state index contributed by atoms with van der Waals surface area (Å²) in [4.78, 5) is 35.9. The summed E-state index contributed by atoms with van der Waals surface area (Å²) in [5.41, 5.74) is 2.31. The number of rotatable bonds is 10. The first-order chi connectivity index (χ1) is 17.3.